The molecule has 1 aliphatic carbocycles. The van der Waals surface area contributed by atoms with Crippen LogP contribution >= 0.6 is 0 Å². The second kappa shape index (κ2) is 8.45. The van der Waals surface area contributed by atoms with Crippen molar-refractivity contribution in [2.24, 2.45) is 11.7 Å². The molecule has 0 amide bonds. The van der Waals surface area contributed by atoms with Crippen molar-refractivity contribution in [3.8, 4) is 11.1 Å². The third-order valence-corrected chi connectivity index (χ3v) is 5.77. The maximum atomic E-state index is 15.1. The maximum Gasteiger partial charge on any atom is 0.451 e. The molecule has 0 spiro atoms. The van der Waals surface area contributed by atoms with Crippen LogP contribution in [0, 0.1) is 17.6 Å². The summed E-state index contributed by atoms with van der Waals surface area (Å²) in [4.78, 5) is 12.0. The first-order valence-electron chi connectivity index (χ1n) is 10.00. The zero-order chi connectivity index (χ0) is 22.2. The summed E-state index contributed by atoms with van der Waals surface area (Å²) in [6.07, 6.45) is 1.46. The lowest BCUT2D eigenvalue weighted by molar-refractivity contribution is -0.139. The van der Waals surface area contributed by atoms with Crippen LogP contribution in [-0.2, 0) is 16.8 Å². The molecule has 0 saturated heterocycles. The molecule has 0 radical (unpaired) electrons. The van der Waals surface area contributed by atoms with Crippen LogP contribution in [-0.4, -0.2) is 28.2 Å². The Morgan fingerprint density at radius 2 is 1.90 bits per heavy atom. The number of halogens is 2. The lowest BCUT2D eigenvalue weighted by Gasteiger charge is -2.24. The van der Waals surface area contributed by atoms with Crippen molar-refractivity contribution in [3.05, 3.63) is 58.7 Å². The van der Waals surface area contributed by atoms with E-state index < -0.39 is 36.2 Å². The summed E-state index contributed by atoms with van der Waals surface area (Å²) in [5.41, 5.74) is 6.80. The summed E-state index contributed by atoms with van der Waals surface area (Å²) in [5.74, 6) is -3.23. The molecule has 0 unspecified atom stereocenters. The lowest BCUT2D eigenvalue weighted by atomic mass is 9.80. The monoisotopic (exact) mass is 417 g/mol. The summed E-state index contributed by atoms with van der Waals surface area (Å²) in [6.45, 7) is 3.26. The first-order chi connectivity index (χ1) is 14.0. The van der Waals surface area contributed by atoms with E-state index in [4.69, 9.17) is 15.8 Å². The van der Waals surface area contributed by atoms with E-state index in [-0.39, 0.29) is 23.4 Å². The number of nitrogens with two attached hydrogens (primary N) is 1. The van der Waals surface area contributed by atoms with E-state index in [1.54, 1.807) is 19.9 Å². The van der Waals surface area contributed by atoms with E-state index in [2.05, 4.69) is 0 Å². The quantitative estimate of drug-likeness (QED) is 0.517. The van der Waals surface area contributed by atoms with Crippen LogP contribution in [0.4, 0.5) is 8.78 Å². The van der Waals surface area contributed by atoms with Crippen LogP contribution < -0.4 is 5.73 Å². The van der Waals surface area contributed by atoms with Crippen molar-refractivity contribution in [1.29, 1.82) is 0 Å². The van der Waals surface area contributed by atoms with Gasteiger partial charge in [0.2, 0.25) is 0 Å². The number of aliphatic carboxylic acids is 1. The number of hydrogen-bond acceptors (Lipinski definition) is 4. The summed E-state index contributed by atoms with van der Waals surface area (Å²) in [6, 6.07) is 7.17. The van der Waals surface area contributed by atoms with E-state index in [1.165, 1.54) is 24.3 Å². The predicted octanol–water partition coefficient (Wildman–Crippen LogP) is 3.42. The molecule has 1 aliphatic rings. The number of carbonyl (C=O) groups is 1. The van der Waals surface area contributed by atoms with Gasteiger partial charge in [0.1, 0.15) is 11.6 Å². The average Bonchev–Trinajstić information content (AvgIpc) is 2.96. The fourth-order valence-electron chi connectivity index (χ4n) is 4.53. The van der Waals surface area contributed by atoms with Gasteiger partial charge in [0.05, 0.1) is 5.92 Å². The summed E-state index contributed by atoms with van der Waals surface area (Å²) < 4.78 is 29.6. The third-order valence-electron chi connectivity index (χ3n) is 5.77. The van der Waals surface area contributed by atoms with E-state index in [9.17, 15) is 14.3 Å². The Bertz CT molecular complexity index is 959. The van der Waals surface area contributed by atoms with Gasteiger partial charge in [-0.05, 0) is 73.8 Å². The Hall–Kier alpha value is -2.29. The fraction of sp³-hybridized carbons (Fsp3) is 0.409. The van der Waals surface area contributed by atoms with Gasteiger partial charge in [0.15, 0.2) is 0 Å². The molecule has 5 N–H and O–H groups in total. The van der Waals surface area contributed by atoms with Gasteiger partial charge in [-0.25, -0.2) is 8.78 Å². The van der Waals surface area contributed by atoms with Crippen molar-refractivity contribution >= 4 is 13.1 Å². The number of carboxylic acid groups (broad SMARTS) is 1. The molecule has 160 valence electrons. The molecule has 3 rings (SSSR count). The number of rotatable bonds is 7. The highest BCUT2D eigenvalue weighted by atomic mass is 19.1. The van der Waals surface area contributed by atoms with Crippen LogP contribution in [0.1, 0.15) is 49.3 Å². The second-order valence-corrected chi connectivity index (χ2v) is 8.61. The normalized spacial score (nSPS) is 18.4. The zero-order valence-electron chi connectivity index (χ0n) is 17.0. The molecule has 0 fully saturated rings. The van der Waals surface area contributed by atoms with Gasteiger partial charge < -0.3 is 20.9 Å². The predicted molar refractivity (Wildman–Crippen MR) is 111 cm³/mol. The Kier molecular flexibility index (Phi) is 6.31. The van der Waals surface area contributed by atoms with Crippen LogP contribution in [0.25, 0.3) is 11.1 Å². The van der Waals surface area contributed by atoms with Crippen LogP contribution in [0.3, 0.4) is 0 Å². The third kappa shape index (κ3) is 4.40. The van der Waals surface area contributed by atoms with Gasteiger partial charge in [-0.15, -0.1) is 0 Å². The largest absolute Gasteiger partial charge is 0.481 e. The number of fused-ring (bicyclic) bond motifs is 1. The van der Waals surface area contributed by atoms with Crippen molar-refractivity contribution < 1.29 is 28.7 Å². The molecule has 2 atom stereocenters. The highest BCUT2D eigenvalue weighted by Crippen LogP contribution is 2.44. The minimum atomic E-state index is -1.44. The molecule has 0 heterocycles. The molecule has 0 bridgehead atoms. The van der Waals surface area contributed by atoms with E-state index >= 15 is 4.39 Å². The molecule has 8 heteroatoms. The maximum absolute atomic E-state index is 15.1. The minimum absolute atomic E-state index is 0.124. The van der Waals surface area contributed by atoms with Crippen molar-refractivity contribution in [3.63, 3.8) is 0 Å². The van der Waals surface area contributed by atoms with Gasteiger partial charge >= 0.3 is 13.1 Å². The standard InChI is InChI=1S/C22H26BF2NO4/c1-22(2,26)20-14(6-3-7-17(20)24)16-11-15-13(10-18(16)25)9-12(19(15)21(27)28)5-4-8-23(29)30/h3,6-7,10-12,19,29-30H,4-5,8-9,26H2,1-2H3,(H,27,28)/t12-,19-/m0/s1. The SMILES string of the molecule is CC(C)(N)c1c(F)cccc1-c1cc2c(cc1F)C[C@H](CCCB(O)O)[C@@H]2C(=O)O. The molecule has 0 saturated carbocycles. The Labute approximate surface area is 174 Å². The second-order valence-electron chi connectivity index (χ2n) is 8.61. The molecule has 0 aromatic heterocycles. The molecule has 2 aromatic rings. The molecule has 0 aliphatic heterocycles. The number of hydrogen-bond donors (Lipinski definition) is 4. The molecule has 5 nitrogen and oxygen atoms in total. The van der Waals surface area contributed by atoms with Gasteiger partial charge in [-0.2, -0.15) is 0 Å². The topological polar surface area (TPSA) is 104 Å². The highest BCUT2D eigenvalue weighted by molar-refractivity contribution is 6.40. The van der Waals surface area contributed by atoms with Gasteiger partial charge in [0, 0.05) is 16.7 Å². The van der Waals surface area contributed by atoms with E-state index in [0.29, 0.717) is 36.0 Å². The van der Waals surface area contributed by atoms with Crippen molar-refractivity contribution in [2.45, 2.75) is 50.9 Å². The van der Waals surface area contributed by atoms with Crippen molar-refractivity contribution in [2.75, 3.05) is 0 Å². The number of benzene rings is 2. The minimum Gasteiger partial charge on any atom is -0.481 e. The number of carboxylic acids is 1. The summed E-state index contributed by atoms with van der Waals surface area (Å²) in [7, 11) is -1.44. The first kappa shape index (κ1) is 22.4. The van der Waals surface area contributed by atoms with E-state index in [1.807, 2.05) is 0 Å². The molecular formula is C22H26BF2NO4. The fourth-order valence-corrected chi connectivity index (χ4v) is 4.53. The van der Waals surface area contributed by atoms with Crippen LogP contribution in [0.2, 0.25) is 6.32 Å². The molecular weight excluding hydrogens is 391 g/mol. The van der Waals surface area contributed by atoms with Crippen LogP contribution in [0.5, 0.6) is 0 Å². The first-order valence-corrected chi connectivity index (χ1v) is 10.00. The molecule has 30 heavy (non-hydrogen) atoms. The Morgan fingerprint density at radius 3 is 2.50 bits per heavy atom. The van der Waals surface area contributed by atoms with E-state index in [0.717, 1.165) is 0 Å². The smallest absolute Gasteiger partial charge is 0.451 e. The Balaban J connectivity index is 2.06. The zero-order valence-corrected chi connectivity index (χ0v) is 17.0. The highest BCUT2D eigenvalue weighted by Gasteiger charge is 2.38. The average molecular weight is 417 g/mol. The van der Waals surface area contributed by atoms with Crippen molar-refractivity contribution in [1.82, 2.24) is 0 Å². The summed E-state index contributed by atoms with van der Waals surface area (Å²) in [5, 5.41) is 27.9. The van der Waals surface area contributed by atoms with Gasteiger partial charge in [-0.3, -0.25) is 4.79 Å². The van der Waals surface area contributed by atoms with Gasteiger partial charge in [0.25, 0.3) is 0 Å². The lowest BCUT2D eigenvalue weighted by Crippen LogP contribution is -2.30. The van der Waals surface area contributed by atoms with Crippen LogP contribution in [0.15, 0.2) is 30.3 Å². The summed E-state index contributed by atoms with van der Waals surface area (Å²) >= 11 is 0. The Morgan fingerprint density at radius 1 is 1.20 bits per heavy atom. The van der Waals surface area contributed by atoms with Gasteiger partial charge in [-0.1, -0.05) is 18.6 Å². The molecule has 2 aromatic carbocycles.